The first-order valence-corrected chi connectivity index (χ1v) is 3.84. The molecule has 2 aromatic rings. The normalized spacial score (nSPS) is 9.64. The molecule has 6 heteroatoms. The zero-order valence-electron chi connectivity index (χ0n) is 7.12. The van der Waals surface area contributed by atoms with E-state index in [0.29, 0.717) is 17.5 Å². The Morgan fingerprint density at radius 2 is 2.29 bits per heavy atom. The minimum atomic E-state index is 0.295. The summed E-state index contributed by atoms with van der Waals surface area (Å²) in [6.07, 6.45) is 3.13. The number of hydrogen-bond donors (Lipinski definition) is 1. The van der Waals surface area contributed by atoms with Crippen molar-refractivity contribution in [2.24, 2.45) is 0 Å². The summed E-state index contributed by atoms with van der Waals surface area (Å²) in [7, 11) is 0. The fourth-order valence-electron chi connectivity index (χ4n) is 0.970. The van der Waals surface area contributed by atoms with E-state index in [1.807, 2.05) is 6.07 Å². The third-order valence-corrected chi connectivity index (χ3v) is 1.57. The molecular weight excluding hydrogens is 180 g/mol. The van der Waals surface area contributed by atoms with Crippen LogP contribution in [-0.2, 0) is 0 Å². The van der Waals surface area contributed by atoms with Gasteiger partial charge in [-0.2, -0.15) is 5.26 Å². The topological polar surface area (TPSA) is 93.4 Å². The number of rotatable bonds is 1. The van der Waals surface area contributed by atoms with Crippen LogP contribution in [0.4, 0.5) is 5.82 Å². The van der Waals surface area contributed by atoms with Crippen LogP contribution in [0.15, 0.2) is 24.5 Å². The quantitative estimate of drug-likeness (QED) is 0.682. The van der Waals surface area contributed by atoms with E-state index in [-0.39, 0.29) is 0 Å². The maximum absolute atomic E-state index is 8.62. The van der Waals surface area contributed by atoms with Crippen LogP contribution in [0, 0.1) is 11.3 Å². The highest BCUT2D eigenvalue weighted by atomic mass is 15.4. The van der Waals surface area contributed by atoms with E-state index in [4.69, 9.17) is 11.0 Å². The zero-order chi connectivity index (χ0) is 9.97. The molecule has 2 N–H and O–H groups in total. The molecule has 0 fully saturated rings. The molecule has 2 rings (SSSR count). The first-order valence-electron chi connectivity index (χ1n) is 3.84. The Kier molecular flexibility index (Phi) is 1.84. The summed E-state index contributed by atoms with van der Waals surface area (Å²) >= 11 is 0. The van der Waals surface area contributed by atoms with Gasteiger partial charge >= 0.3 is 0 Å². The van der Waals surface area contributed by atoms with Gasteiger partial charge in [-0.15, -0.1) is 5.10 Å². The van der Waals surface area contributed by atoms with E-state index in [9.17, 15) is 0 Å². The number of anilines is 1. The minimum absolute atomic E-state index is 0.295. The predicted octanol–water partition coefficient (Wildman–Crippen LogP) is 0.116. The van der Waals surface area contributed by atoms with Crippen molar-refractivity contribution in [3.05, 3.63) is 30.2 Å². The lowest BCUT2D eigenvalue weighted by Crippen LogP contribution is -2.03. The Bertz CT molecular complexity index is 495. The van der Waals surface area contributed by atoms with Crippen molar-refractivity contribution >= 4 is 5.82 Å². The van der Waals surface area contributed by atoms with E-state index in [2.05, 4.69) is 15.1 Å². The Morgan fingerprint density at radius 3 is 2.93 bits per heavy atom. The van der Waals surface area contributed by atoms with Gasteiger partial charge in [-0.05, 0) is 6.07 Å². The lowest BCUT2D eigenvalue weighted by atomic mass is 10.4. The third kappa shape index (κ3) is 1.38. The molecule has 0 radical (unpaired) electrons. The highest BCUT2D eigenvalue weighted by Gasteiger charge is 2.02. The van der Waals surface area contributed by atoms with E-state index in [0.717, 1.165) is 0 Å². The van der Waals surface area contributed by atoms with Crippen molar-refractivity contribution in [3.63, 3.8) is 0 Å². The van der Waals surface area contributed by atoms with Gasteiger partial charge in [0.25, 0.3) is 5.95 Å². The SMILES string of the molecule is N#Cc1ccnc(-n2ccc(N)n2)n1. The predicted molar refractivity (Wildman–Crippen MR) is 48.3 cm³/mol. The smallest absolute Gasteiger partial charge is 0.251 e. The molecule has 0 aliphatic heterocycles. The number of nitriles is 1. The second-order valence-electron chi connectivity index (χ2n) is 2.54. The Hall–Kier alpha value is -2.42. The number of nitrogens with zero attached hydrogens (tertiary/aromatic N) is 5. The van der Waals surface area contributed by atoms with E-state index in [1.54, 1.807) is 12.3 Å². The van der Waals surface area contributed by atoms with E-state index < -0.39 is 0 Å². The minimum Gasteiger partial charge on any atom is -0.382 e. The number of aromatic nitrogens is 4. The Balaban J connectivity index is 2.47. The van der Waals surface area contributed by atoms with Gasteiger partial charge in [-0.25, -0.2) is 14.6 Å². The van der Waals surface area contributed by atoms with Crippen molar-refractivity contribution in [3.8, 4) is 12.0 Å². The maximum Gasteiger partial charge on any atom is 0.251 e. The monoisotopic (exact) mass is 186 g/mol. The molecule has 68 valence electrons. The molecular formula is C8H6N6. The van der Waals surface area contributed by atoms with Crippen LogP contribution >= 0.6 is 0 Å². The molecule has 14 heavy (non-hydrogen) atoms. The molecule has 0 unspecified atom stereocenters. The second kappa shape index (κ2) is 3.14. The number of nitrogen functional groups attached to an aromatic ring is 1. The number of hydrogen-bond acceptors (Lipinski definition) is 5. The molecule has 2 aromatic heterocycles. The van der Waals surface area contributed by atoms with Crippen LogP contribution in [0.1, 0.15) is 5.69 Å². The summed E-state index contributed by atoms with van der Waals surface area (Å²) in [6, 6.07) is 5.07. The molecule has 0 aromatic carbocycles. The van der Waals surface area contributed by atoms with Gasteiger partial charge in [-0.1, -0.05) is 0 Å². The van der Waals surface area contributed by atoms with Crippen LogP contribution in [0.5, 0.6) is 0 Å². The largest absolute Gasteiger partial charge is 0.382 e. The van der Waals surface area contributed by atoms with Crippen molar-refractivity contribution in [1.82, 2.24) is 19.7 Å². The molecule has 0 atom stereocenters. The molecule has 0 saturated heterocycles. The van der Waals surface area contributed by atoms with Gasteiger partial charge in [0.1, 0.15) is 17.6 Å². The highest BCUT2D eigenvalue weighted by molar-refractivity contribution is 5.28. The molecule has 0 amide bonds. The van der Waals surface area contributed by atoms with Gasteiger partial charge in [0.05, 0.1) is 0 Å². The average molecular weight is 186 g/mol. The molecule has 0 bridgehead atoms. The lowest BCUT2D eigenvalue weighted by Gasteiger charge is -1.97. The first kappa shape index (κ1) is 8.19. The average Bonchev–Trinajstić information content (AvgIpc) is 2.65. The van der Waals surface area contributed by atoms with Crippen LogP contribution in [0.3, 0.4) is 0 Å². The Labute approximate surface area is 79.6 Å². The van der Waals surface area contributed by atoms with E-state index >= 15 is 0 Å². The third-order valence-electron chi connectivity index (χ3n) is 1.57. The van der Waals surface area contributed by atoms with Gasteiger partial charge in [0.2, 0.25) is 0 Å². The van der Waals surface area contributed by atoms with Crippen molar-refractivity contribution in [2.45, 2.75) is 0 Å². The molecule has 2 heterocycles. The summed E-state index contributed by atoms with van der Waals surface area (Å²) in [5.41, 5.74) is 5.73. The summed E-state index contributed by atoms with van der Waals surface area (Å²) in [5, 5.41) is 12.5. The summed E-state index contributed by atoms with van der Waals surface area (Å²) < 4.78 is 1.41. The van der Waals surface area contributed by atoms with Gasteiger partial charge in [-0.3, -0.25) is 0 Å². The summed E-state index contributed by atoms with van der Waals surface area (Å²) in [4.78, 5) is 7.90. The lowest BCUT2D eigenvalue weighted by molar-refractivity contribution is 0.809. The van der Waals surface area contributed by atoms with Crippen LogP contribution < -0.4 is 5.73 Å². The first-order chi connectivity index (χ1) is 6.79. The van der Waals surface area contributed by atoms with Gasteiger partial charge < -0.3 is 5.73 Å². The van der Waals surface area contributed by atoms with Gasteiger partial charge in [0.15, 0.2) is 0 Å². The van der Waals surface area contributed by atoms with Crippen molar-refractivity contribution < 1.29 is 0 Å². The van der Waals surface area contributed by atoms with Crippen LogP contribution in [0.2, 0.25) is 0 Å². The fourth-order valence-corrected chi connectivity index (χ4v) is 0.970. The Morgan fingerprint density at radius 1 is 1.43 bits per heavy atom. The molecule has 6 nitrogen and oxygen atoms in total. The summed E-state index contributed by atoms with van der Waals surface area (Å²) in [5.74, 6) is 0.719. The summed E-state index contributed by atoms with van der Waals surface area (Å²) in [6.45, 7) is 0. The second-order valence-corrected chi connectivity index (χ2v) is 2.54. The molecule has 0 aliphatic rings. The van der Waals surface area contributed by atoms with Crippen molar-refractivity contribution in [2.75, 3.05) is 5.73 Å². The molecule has 0 saturated carbocycles. The number of nitrogens with two attached hydrogens (primary N) is 1. The van der Waals surface area contributed by atoms with E-state index in [1.165, 1.54) is 16.9 Å². The molecule has 0 spiro atoms. The van der Waals surface area contributed by atoms with Crippen molar-refractivity contribution in [1.29, 1.82) is 5.26 Å². The maximum atomic E-state index is 8.62. The standard InChI is InChI=1S/C8H6N6/c9-5-6-1-3-11-8(12-6)14-4-2-7(10)13-14/h1-4H,(H2,10,13). The highest BCUT2D eigenvalue weighted by Crippen LogP contribution is 2.02. The van der Waals surface area contributed by atoms with Crippen LogP contribution in [-0.4, -0.2) is 19.7 Å². The molecule has 0 aliphatic carbocycles. The fraction of sp³-hybridized carbons (Fsp3) is 0. The van der Waals surface area contributed by atoms with Gasteiger partial charge in [0, 0.05) is 18.5 Å². The zero-order valence-corrected chi connectivity index (χ0v) is 7.12. The van der Waals surface area contributed by atoms with Crippen LogP contribution in [0.25, 0.3) is 5.95 Å².